The van der Waals surface area contributed by atoms with Crippen molar-refractivity contribution in [1.29, 1.82) is 0 Å². The molecule has 1 heterocycles. The van der Waals surface area contributed by atoms with E-state index in [1.165, 1.54) is 0 Å². The predicted octanol–water partition coefficient (Wildman–Crippen LogP) is 1.90. The minimum atomic E-state index is -0.738. The summed E-state index contributed by atoms with van der Waals surface area (Å²) in [6.07, 6.45) is 2.78. The van der Waals surface area contributed by atoms with Crippen LogP contribution in [0, 0.1) is 0 Å². The molecule has 0 aliphatic carbocycles. The van der Waals surface area contributed by atoms with Crippen LogP contribution in [0.2, 0.25) is 0 Å². The van der Waals surface area contributed by atoms with Crippen molar-refractivity contribution in [3.8, 4) is 0 Å². The van der Waals surface area contributed by atoms with Gasteiger partial charge in [0.2, 0.25) is 5.95 Å². The molecule has 1 aromatic rings. The zero-order valence-corrected chi connectivity index (χ0v) is 11.8. The zero-order chi connectivity index (χ0) is 13.6. The molecule has 102 valence electrons. The molecule has 0 spiro atoms. The molecular weight excluding hydrogens is 228 g/mol. The van der Waals surface area contributed by atoms with Gasteiger partial charge in [-0.25, -0.2) is 4.98 Å². The minimum absolute atomic E-state index is 0.549. The Labute approximate surface area is 109 Å². The summed E-state index contributed by atoms with van der Waals surface area (Å²) in [6, 6.07) is 1.87. The first-order valence-electron chi connectivity index (χ1n) is 6.50. The number of nitrogens with one attached hydrogen (secondary N) is 1. The van der Waals surface area contributed by atoms with Gasteiger partial charge in [0.15, 0.2) is 0 Å². The van der Waals surface area contributed by atoms with E-state index in [2.05, 4.69) is 22.2 Å². The average molecular weight is 252 g/mol. The summed E-state index contributed by atoms with van der Waals surface area (Å²) in [5.41, 5.74) is -0.738. The summed E-state index contributed by atoms with van der Waals surface area (Å²) < 4.78 is 0. The van der Waals surface area contributed by atoms with E-state index in [-0.39, 0.29) is 0 Å². The fraction of sp³-hybridized carbons (Fsp3) is 0.692. The Morgan fingerprint density at radius 3 is 2.67 bits per heavy atom. The Hall–Kier alpha value is -1.36. The third-order valence-electron chi connectivity index (χ3n) is 2.46. The molecule has 0 atom stereocenters. The summed E-state index contributed by atoms with van der Waals surface area (Å²) >= 11 is 0. The van der Waals surface area contributed by atoms with Gasteiger partial charge in [-0.05, 0) is 33.3 Å². The van der Waals surface area contributed by atoms with Crippen LogP contribution < -0.4 is 10.2 Å². The Kier molecular flexibility index (Phi) is 5.34. The molecule has 5 heteroatoms. The molecule has 1 aromatic heterocycles. The van der Waals surface area contributed by atoms with Crippen LogP contribution in [-0.2, 0) is 0 Å². The molecule has 18 heavy (non-hydrogen) atoms. The monoisotopic (exact) mass is 252 g/mol. The van der Waals surface area contributed by atoms with Gasteiger partial charge in [-0.15, -0.1) is 0 Å². The van der Waals surface area contributed by atoms with Crippen molar-refractivity contribution in [2.75, 3.05) is 29.9 Å². The fourth-order valence-electron chi connectivity index (χ4n) is 1.67. The number of hydrogen-bond donors (Lipinski definition) is 2. The normalized spacial score (nSPS) is 11.4. The maximum absolute atomic E-state index is 9.89. The second-order valence-corrected chi connectivity index (χ2v) is 4.99. The van der Waals surface area contributed by atoms with Crippen molar-refractivity contribution >= 4 is 11.8 Å². The van der Waals surface area contributed by atoms with E-state index in [1.54, 1.807) is 20.0 Å². The van der Waals surface area contributed by atoms with Crippen LogP contribution in [0.4, 0.5) is 11.8 Å². The van der Waals surface area contributed by atoms with Crippen LogP contribution in [-0.4, -0.2) is 40.3 Å². The van der Waals surface area contributed by atoms with Crippen molar-refractivity contribution in [3.63, 3.8) is 0 Å². The summed E-state index contributed by atoms with van der Waals surface area (Å²) in [4.78, 5) is 10.7. The molecule has 5 nitrogen and oxygen atoms in total. The fourth-order valence-corrected chi connectivity index (χ4v) is 1.67. The van der Waals surface area contributed by atoms with E-state index < -0.39 is 5.60 Å². The molecule has 2 N–H and O–H groups in total. The maximum Gasteiger partial charge on any atom is 0.224 e. The molecule has 0 bridgehead atoms. The second kappa shape index (κ2) is 6.54. The Balaban J connectivity index is 2.79. The van der Waals surface area contributed by atoms with Gasteiger partial charge in [0.25, 0.3) is 0 Å². The van der Waals surface area contributed by atoms with Crippen LogP contribution in [0.5, 0.6) is 0 Å². The van der Waals surface area contributed by atoms with E-state index in [0.717, 1.165) is 25.3 Å². The Morgan fingerprint density at radius 1 is 1.39 bits per heavy atom. The first-order chi connectivity index (χ1) is 8.46. The molecule has 0 fully saturated rings. The molecule has 0 aliphatic heterocycles. The van der Waals surface area contributed by atoms with Crippen molar-refractivity contribution in [2.45, 2.75) is 39.7 Å². The quantitative estimate of drug-likeness (QED) is 0.776. The van der Waals surface area contributed by atoms with Crippen LogP contribution in [0.1, 0.15) is 34.1 Å². The average Bonchev–Trinajstić information content (AvgIpc) is 2.32. The highest BCUT2D eigenvalue weighted by molar-refractivity contribution is 5.42. The number of hydrogen-bond acceptors (Lipinski definition) is 5. The van der Waals surface area contributed by atoms with Crippen molar-refractivity contribution < 1.29 is 5.11 Å². The summed E-state index contributed by atoms with van der Waals surface area (Å²) in [5, 5.41) is 13.1. The van der Waals surface area contributed by atoms with Gasteiger partial charge in [0.1, 0.15) is 5.82 Å². The van der Waals surface area contributed by atoms with Gasteiger partial charge in [0.05, 0.1) is 5.60 Å². The molecule has 0 aromatic carbocycles. The Bertz CT molecular complexity index is 362. The number of anilines is 2. The van der Waals surface area contributed by atoms with E-state index >= 15 is 0 Å². The number of likely N-dealkylation sites (N-methyl/N-ethyl adjacent to an activating group) is 1. The highest BCUT2D eigenvalue weighted by atomic mass is 16.3. The summed E-state index contributed by atoms with van der Waals surface area (Å²) in [6.45, 7) is 9.96. The third-order valence-corrected chi connectivity index (χ3v) is 2.46. The topological polar surface area (TPSA) is 61.3 Å². The summed E-state index contributed by atoms with van der Waals surface area (Å²) in [5.74, 6) is 1.48. The largest absolute Gasteiger partial charge is 0.389 e. The molecular formula is C13H24N4O. The molecule has 0 amide bonds. The van der Waals surface area contributed by atoms with Gasteiger partial charge >= 0.3 is 0 Å². The van der Waals surface area contributed by atoms with Gasteiger partial charge in [0, 0.05) is 25.8 Å². The van der Waals surface area contributed by atoms with Crippen LogP contribution in [0.25, 0.3) is 0 Å². The maximum atomic E-state index is 9.89. The third kappa shape index (κ3) is 4.87. The van der Waals surface area contributed by atoms with E-state index in [1.807, 2.05) is 17.9 Å². The molecule has 1 rings (SSSR count). The van der Waals surface area contributed by atoms with Gasteiger partial charge in [-0.2, -0.15) is 4.98 Å². The van der Waals surface area contributed by atoms with Crippen molar-refractivity contribution in [3.05, 3.63) is 12.3 Å². The van der Waals surface area contributed by atoms with Crippen molar-refractivity contribution in [1.82, 2.24) is 9.97 Å². The van der Waals surface area contributed by atoms with Gasteiger partial charge < -0.3 is 15.3 Å². The van der Waals surface area contributed by atoms with Crippen LogP contribution in [0.15, 0.2) is 12.3 Å². The number of aliphatic hydroxyl groups is 1. The Morgan fingerprint density at radius 2 is 2.11 bits per heavy atom. The predicted molar refractivity (Wildman–Crippen MR) is 75.0 cm³/mol. The zero-order valence-electron chi connectivity index (χ0n) is 11.8. The van der Waals surface area contributed by atoms with Crippen LogP contribution in [0.3, 0.4) is 0 Å². The highest BCUT2D eigenvalue weighted by Gasteiger charge is 2.18. The van der Waals surface area contributed by atoms with Crippen LogP contribution >= 0.6 is 0 Å². The number of nitrogens with zero attached hydrogens (tertiary/aromatic N) is 3. The standard InChI is InChI=1S/C13H24N4O/c1-5-8-14-12-15-9-7-11(16-12)17(6-2)10-13(3,4)18/h7,9,18H,5-6,8,10H2,1-4H3,(H,14,15,16). The van der Waals surface area contributed by atoms with E-state index in [4.69, 9.17) is 0 Å². The minimum Gasteiger partial charge on any atom is -0.389 e. The summed E-state index contributed by atoms with van der Waals surface area (Å²) in [7, 11) is 0. The molecule has 0 saturated heterocycles. The lowest BCUT2D eigenvalue weighted by molar-refractivity contribution is 0.0874. The smallest absolute Gasteiger partial charge is 0.224 e. The number of aromatic nitrogens is 2. The lowest BCUT2D eigenvalue weighted by Gasteiger charge is -2.29. The van der Waals surface area contributed by atoms with E-state index in [0.29, 0.717) is 12.5 Å². The first kappa shape index (κ1) is 14.7. The second-order valence-electron chi connectivity index (χ2n) is 4.99. The SMILES string of the molecule is CCCNc1nccc(N(CC)CC(C)(C)O)n1. The lowest BCUT2D eigenvalue weighted by atomic mass is 10.1. The molecule has 0 aliphatic rings. The van der Waals surface area contributed by atoms with Gasteiger partial charge in [-0.3, -0.25) is 0 Å². The van der Waals surface area contributed by atoms with Gasteiger partial charge in [-0.1, -0.05) is 6.92 Å². The lowest BCUT2D eigenvalue weighted by Crippen LogP contribution is -2.39. The first-order valence-corrected chi connectivity index (χ1v) is 6.50. The molecule has 0 radical (unpaired) electrons. The highest BCUT2D eigenvalue weighted by Crippen LogP contribution is 2.15. The molecule has 0 saturated carbocycles. The number of rotatable bonds is 7. The molecule has 0 unspecified atom stereocenters. The van der Waals surface area contributed by atoms with E-state index in [9.17, 15) is 5.11 Å². The van der Waals surface area contributed by atoms with Crippen molar-refractivity contribution in [2.24, 2.45) is 0 Å².